The molecular formula is C27H27F3N4O5S. The third-order valence-electron chi connectivity index (χ3n) is 6.33. The number of benzene rings is 3. The summed E-state index contributed by atoms with van der Waals surface area (Å²) in [5.41, 5.74) is 4.71. The van der Waals surface area contributed by atoms with Crippen molar-refractivity contribution in [3.63, 3.8) is 0 Å². The number of hydrogen-bond donors (Lipinski definition) is 5. The lowest BCUT2D eigenvalue weighted by molar-refractivity contribution is -0.137. The van der Waals surface area contributed by atoms with Crippen molar-refractivity contribution in [2.75, 3.05) is 12.4 Å². The molecule has 6 N–H and O–H groups in total. The first kappa shape index (κ1) is 28.9. The summed E-state index contributed by atoms with van der Waals surface area (Å²) in [5, 5.41) is 24.8. The van der Waals surface area contributed by atoms with Crippen LogP contribution in [0.2, 0.25) is 0 Å². The SMILES string of the molecule is COc1cc(C(=O)Nc2ccc(-c3ccccc3C(F)(F)F)c(C/C(N)=N\O)c2)ccc1S1(=O)=C(O)C(C)(C)N1. The highest BCUT2D eigenvalue weighted by Crippen LogP contribution is 2.39. The molecule has 4 rings (SSSR count). The number of halogens is 3. The molecule has 13 heteroatoms. The molecule has 0 spiro atoms. The van der Waals surface area contributed by atoms with Crippen LogP contribution in [0.1, 0.15) is 35.3 Å². The van der Waals surface area contributed by atoms with Gasteiger partial charge in [-0.05, 0) is 66.9 Å². The molecule has 212 valence electrons. The van der Waals surface area contributed by atoms with E-state index < -0.39 is 32.9 Å². The number of oxime groups is 1. The van der Waals surface area contributed by atoms with Crippen molar-refractivity contribution in [2.24, 2.45) is 10.9 Å². The second kappa shape index (κ2) is 10.5. The zero-order valence-corrected chi connectivity index (χ0v) is 22.5. The summed E-state index contributed by atoms with van der Waals surface area (Å²) in [7, 11) is -1.79. The van der Waals surface area contributed by atoms with E-state index in [4.69, 9.17) is 15.7 Å². The molecule has 0 saturated carbocycles. The first-order valence-corrected chi connectivity index (χ1v) is 13.4. The van der Waals surface area contributed by atoms with E-state index in [1.165, 1.54) is 61.7 Å². The Labute approximate surface area is 228 Å². The van der Waals surface area contributed by atoms with Gasteiger partial charge in [0, 0.05) is 17.7 Å². The van der Waals surface area contributed by atoms with Crippen LogP contribution in [0.3, 0.4) is 0 Å². The molecule has 9 nitrogen and oxygen atoms in total. The lowest BCUT2D eigenvalue weighted by atomic mass is 9.93. The number of hydrogen-bond acceptors (Lipinski definition) is 5. The van der Waals surface area contributed by atoms with Crippen molar-refractivity contribution in [1.82, 2.24) is 4.72 Å². The van der Waals surface area contributed by atoms with Crippen LogP contribution < -0.4 is 20.5 Å². The van der Waals surface area contributed by atoms with Gasteiger partial charge in [-0.3, -0.25) is 4.79 Å². The van der Waals surface area contributed by atoms with Crippen LogP contribution in [0, 0.1) is 0 Å². The summed E-state index contributed by atoms with van der Waals surface area (Å²) < 4.78 is 62.5. The second-order valence-corrected chi connectivity index (χ2v) is 11.7. The fourth-order valence-electron chi connectivity index (χ4n) is 4.45. The van der Waals surface area contributed by atoms with Gasteiger partial charge in [-0.1, -0.05) is 29.4 Å². The van der Waals surface area contributed by atoms with E-state index in [2.05, 4.69) is 15.2 Å². The predicted octanol–water partition coefficient (Wildman–Crippen LogP) is 4.55. The van der Waals surface area contributed by atoms with Crippen molar-refractivity contribution in [3.05, 3.63) is 77.4 Å². The summed E-state index contributed by atoms with van der Waals surface area (Å²) in [5.74, 6) is -0.719. The smallest absolute Gasteiger partial charge is 0.417 e. The fourth-order valence-corrected chi connectivity index (χ4v) is 6.98. The number of nitrogens with one attached hydrogen (secondary N) is 2. The van der Waals surface area contributed by atoms with Gasteiger partial charge in [0.15, 0.2) is 0 Å². The molecule has 0 fully saturated rings. The highest BCUT2D eigenvalue weighted by Gasteiger charge is 2.43. The van der Waals surface area contributed by atoms with E-state index in [0.717, 1.165) is 6.07 Å². The maximum atomic E-state index is 13.7. The van der Waals surface area contributed by atoms with Gasteiger partial charge in [0.25, 0.3) is 5.91 Å². The molecule has 1 unspecified atom stereocenters. The standard InChI is InChI=1S/C27H27F3N4O5S/c1-26(2)25(36)40(38,34-26)22-11-8-15(13-21(22)39-3)24(35)32-17-9-10-18(16(12-17)14-23(31)33-37)19-6-4-5-7-20(19)27(28,29)30/h4-13,36-37H,14H2,1-3H3,(H2,31,33)(H,32,35)(H,34,38). The molecule has 0 bridgehead atoms. The zero-order valence-electron chi connectivity index (χ0n) is 21.7. The minimum atomic E-state index is -4.62. The number of nitrogens with zero attached hydrogens (tertiary/aromatic N) is 1. The number of methoxy groups -OCH3 is 1. The largest absolute Gasteiger partial charge is 0.495 e. The Balaban J connectivity index is 1.69. The van der Waals surface area contributed by atoms with Crippen LogP contribution in [0.4, 0.5) is 18.9 Å². The number of amidine groups is 1. The van der Waals surface area contributed by atoms with Gasteiger partial charge in [-0.2, -0.15) is 13.2 Å². The molecule has 0 aliphatic carbocycles. The lowest BCUT2D eigenvalue weighted by Gasteiger charge is -2.39. The monoisotopic (exact) mass is 576 g/mol. The van der Waals surface area contributed by atoms with Gasteiger partial charge in [-0.15, -0.1) is 0 Å². The summed E-state index contributed by atoms with van der Waals surface area (Å²) in [6.45, 7) is 3.34. The van der Waals surface area contributed by atoms with Crippen LogP contribution in [0.5, 0.6) is 5.75 Å². The molecule has 1 atom stereocenters. The normalized spacial score (nSPS) is 18.7. The number of anilines is 1. The summed E-state index contributed by atoms with van der Waals surface area (Å²) >= 11 is 0. The number of ether oxygens (including phenoxy) is 1. The summed E-state index contributed by atoms with van der Waals surface area (Å²) in [6, 6.07) is 13.5. The molecule has 1 aliphatic rings. The van der Waals surface area contributed by atoms with E-state index in [1.54, 1.807) is 13.8 Å². The van der Waals surface area contributed by atoms with Crippen LogP contribution in [0.25, 0.3) is 11.1 Å². The second-order valence-electron chi connectivity index (χ2n) is 9.59. The van der Waals surface area contributed by atoms with Gasteiger partial charge in [-0.25, -0.2) is 8.93 Å². The van der Waals surface area contributed by atoms with Crippen molar-refractivity contribution < 1.29 is 37.2 Å². The van der Waals surface area contributed by atoms with Gasteiger partial charge < -0.3 is 26.1 Å². The van der Waals surface area contributed by atoms with Crippen molar-refractivity contribution in [3.8, 4) is 16.9 Å². The number of aliphatic hydroxyl groups excluding tert-OH is 1. The summed E-state index contributed by atoms with van der Waals surface area (Å²) in [4.78, 5) is 13.3. The molecule has 3 aromatic carbocycles. The molecule has 1 amide bonds. The predicted molar refractivity (Wildman–Crippen MR) is 146 cm³/mol. The zero-order chi connectivity index (χ0) is 29.5. The molecule has 1 heterocycles. The number of rotatable bonds is 7. The number of alkyl halides is 3. The Morgan fingerprint density at radius 2 is 1.82 bits per heavy atom. The van der Waals surface area contributed by atoms with Crippen molar-refractivity contribution in [2.45, 2.75) is 36.9 Å². The minimum absolute atomic E-state index is 0.101. The lowest BCUT2D eigenvalue weighted by Crippen LogP contribution is -2.63. The number of amides is 1. The van der Waals surface area contributed by atoms with E-state index in [9.17, 15) is 27.3 Å². The molecule has 0 radical (unpaired) electrons. The topological polar surface area (TPSA) is 146 Å². The fraction of sp³-hybridized carbons (Fsp3) is 0.222. The molecular weight excluding hydrogens is 549 g/mol. The van der Waals surface area contributed by atoms with Crippen LogP contribution in [-0.2, 0) is 22.3 Å². The Kier molecular flexibility index (Phi) is 7.58. The maximum Gasteiger partial charge on any atom is 0.417 e. The van der Waals surface area contributed by atoms with Crippen LogP contribution in [0.15, 0.2) is 70.7 Å². The number of carbonyl (C=O) groups excluding carboxylic acids is 1. The Morgan fingerprint density at radius 3 is 2.42 bits per heavy atom. The number of aliphatic hydroxyl groups is 1. The Bertz CT molecular complexity index is 1640. The third-order valence-corrected chi connectivity index (χ3v) is 9.14. The third kappa shape index (κ3) is 5.35. The number of nitrogens with two attached hydrogens (primary N) is 1. The summed E-state index contributed by atoms with van der Waals surface area (Å²) in [6.07, 6.45) is -4.81. The molecule has 0 aromatic heterocycles. The molecule has 40 heavy (non-hydrogen) atoms. The van der Waals surface area contributed by atoms with Gasteiger partial charge in [0.1, 0.15) is 16.6 Å². The van der Waals surface area contributed by atoms with E-state index in [0.29, 0.717) is 0 Å². The van der Waals surface area contributed by atoms with Gasteiger partial charge in [0.05, 0.1) is 32.8 Å². The van der Waals surface area contributed by atoms with Crippen molar-refractivity contribution in [1.29, 1.82) is 0 Å². The Hall–Kier alpha value is -4.07. The Morgan fingerprint density at radius 1 is 1.12 bits per heavy atom. The molecule has 1 aliphatic heterocycles. The van der Waals surface area contributed by atoms with Gasteiger partial charge in [0.2, 0.25) is 0 Å². The average Bonchev–Trinajstić information content (AvgIpc) is 2.91. The maximum absolute atomic E-state index is 13.7. The highest BCUT2D eigenvalue weighted by molar-refractivity contribution is 8.02. The molecule has 3 aromatic rings. The van der Waals surface area contributed by atoms with E-state index >= 15 is 0 Å². The van der Waals surface area contributed by atoms with E-state index in [1.807, 2.05) is 0 Å². The average molecular weight is 577 g/mol. The van der Waals surface area contributed by atoms with Crippen LogP contribution in [-0.4, -0.2) is 44.0 Å². The highest BCUT2D eigenvalue weighted by atomic mass is 32.2. The first-order chi connectivity index (χ1) is 18.7. The minimum Gasteiger partial charge on any atom is -0.495 e. The number of carbonyl (C=O) groups is 1. The van der Waals surface area contributed by atoms with Crippen molar-refractivity contribution >= 4 is 32.2 Å². The first-order valence-electron chi connectivity index (χ1n) is 11.9. The quantitative estimate of drug-likeness (QED) is 0.0917. The molecule has 0 saturated heterocycles. The van der Waals surface area contributed by atoms with Crippen LogP contribution >= 0.6 is 0 Å². The van der Waals surface area contributed by atoms with Gasteiger partial charge >= 0.3 is 6.18 Å². The van der Waals surface area contributed by atoms with E-state index in [-0.39, 0.29) is 55.9 Å².